The molecule has 0 aromatic heterocycles. The van der Waals surface area contributed by atoms with Crippen LogP contribution in [0.5, 0.6) is 0 Å². The van der Waals surface area contributed by atoms with Gasteiger partial charge in [0.15, 0.2) is 0 Å². The molecule has 2 unspecified atom stereocenters. The monoisotopic (exact) mass is 395 g/mol. The van der Waals surface area contributed by atoms with Crippen molar-refractivity contribution in [3.05, 3.63) is 72.3 Å². The fourth-order valence-electron chi connectivity index (χ4n) is 4.67. The molecule has 3 aromatic carbocycles. The highest BCUT2D eigenvalue weighted by molar-refractivity contribution is 7.85. The summed E-state index contributed by atoms with van der Waals surface area (Å²) in [5.41, 5.74) is 3.32. The molecule has 1 N–H and O–H groups in total. The Morgan fingerprint density at radius 3 is 2.39 bits per heavy atom. The van der Waals surface area contributed by atoms with Crippen LogP contribution in [-0.2, 0) is 15.5 Å². The molecule has 0 saturated heterocycles. The van der Waals surface area contributed by atoms with Crippen LogP contribution in [0.2, 0.25) is 0 Å². The third-order valence-corrected chi connectivity index (χ3v) is 6.98. The van der Waals surface area contributed by atoms with Gasteiger partial charge in [0.25, 0.3) is 10.1 Å². The Balaban J connectivity index is 1.87. The summed E-state index contributed by atoms with van der Waals surface area (Å²) in [4.78, 5) is 2.36. The second-order valence-corrected chi connectivity index (χ2v) is 9.44. The van der Waals surface area contributed by atoms with E-state index in [0.717, 1.165) is 5.69 Å². The molecule has 2 atom stereocenters. The van der Waals surface area contributed by atoms with Gasteiger partial charge in [-0.15, -0.1) is 0 Å². The van der Waals surface area contributed by atoms with Crippen molar-refractivity contribution < 1.29 is 13.0 Å². The summed E-state index contributed by atoms with van der Waals surface area (Å²) in [7, 11) is -3.96. The highest BCUT2D eigenvalue weighted by atomic mass is 32.2. The molecule has 0 saturated carbocycles. The number of anilines is 2. The van der Waals surface area contributed by atoms with Gasteiger partial charge >= 0.3 is 0 Å². The van der Waals surface area contributed by atoms with E-state index in [4.69, 9.17) is 0 Å². The van der Waals surface area contributed by atoms with E-state index in [1.165, 1.54) is 22.0 Å². The lowest BCUT2D eigenvalue weighted by atomic mass is 9.74. The Hall–Kier alpha value is -2.37. The zero-order valence-corrected chi connectivity index (χ0v) is 17.0. The van der Waals surface area contributed by atoms with Crippen LogP contribution in [-0.4, -0.2) is 24.8 Å². The van der Waals surface area contributed by atoms with Crippen LogP contribution < -0.4 is 4.90 Å². The zero-order chi connectivity index (χ0) is 19.9. The number of benzene rings is 3. The average molecular weight is 396 g/mol. The second kappa shape index (κ2) is 6.90. The van der Waals surface area contributed by atoms with Gasteiger partial charge < -0.3 is 4.90 Å². The molecule has 0 amide bonds. The van der Waals surface area contributed by atoms with Crippen molar-refractivity contribution >= 4 is 32.3 Å². The third-order valence-electron chi connectivity index (χ3n) is 6.18. The number of hydrogen-bond acceptors (Lipinski definition) is 3. The smallest absolute Gasteiger partial charge is 0.264 e. The fourth-order valence-corrected chi connectivity index (χ4v) is 5.18. The van der Waals surface area contributed by atoms with Gasteiger partial charge in [-0.3, -0.25) is 4.55 Å². The quantitative estimate of drug-likeness (QED) is 0.595. The molecule has 4 rings (SSSR count). The Morgan fingerprint density at radius 1 is 1.00 bits per heavy atom. The molecule has 0 aliphatic carbocycles. The van der Waals surface area contributed by atoms with Crippen LogP contribution in [0, 0.1) is 0 Å². The standard InChI is InChI=1S/C23H25NO3S/c1-17-23(2,15-8-16-28(25,26)27)22-20-12-7-6-9-18(20)13-14-21(22)24(17)19-10-4-3-5-11-19/h3-7,9-14,17H,8,15-16H2,1-2H3,(H,25,26,27). The first-order valence-electron chi connectivity index (χ1n) is 9.63. The van der Waals surface area contributed by atoms with Crippen LogP contribution in [0.25, 0.3) is 10.8 Å². The van der Waals surface area contributed by atoms with E-state index in [9.17, 15) is 13.0 Å². The molecule has 1 aliphatic heterocycles. The number of para-hydroxylation sites is 1. The summed E-state index contributed by atoms with van der Waals surface area (Å²) in [6.45, 7) is 4.42. The normalized spacial score (nSPS) is 21.8. The number of fused-ring (bicyclic) bond motifs is 3. The van der Waals surface area contributed by atoms with Gasteiger partial charge in [-0.1, -0.05) is 55.5 Å². The lowest BCUT2D eigenvalue weighted by molar-refractivity contribution is 0.384. The maximum absolute atomic E-state index is 11.3. The average Bonchev–Trinajstić information content (AvgIpc) is 2.89. The summed E-state index contributed by atoms with van der Waals surface area (Å²) in [5, 5.41) is 2.39. The van der Waals surface area contributed by atoms with Crippen molar-refractivity contribution in [3.8, 4) is 0 Å². The predicted molar refractivity (Wildman–Crippen MR) is 115 cm³/mol. The Labute approximate surface area is 166 Å². The number of rotatable bonds is 5. The van der Waals surface area contributed by atoms with Gasteiger partial charge in [-0.05, 0) is 54.3 Å². The minimum atomic E-state index is -3.96. The molecule has 146 valence electrons. The van der Waals surface area contributed by atoms with Crippen molar-refractivity contribution in [3.63, 3.8) is 0 Å². The number of nitrogens with zero attached hydrogens (tertiary/aromatic N) is 1. The topological polar surface area (TPSA) is 57.6 Å². The van der Waals surface area contributed by atoms with Gasteiger partial charge in [-0.2, -0.15) is 8.42 Å². The molecule has 1 aliphatic rings. The molecular weight excluding hydrogens is 370 g/mol. The van der Waals surface area contributed by atoms with E-state index in [1.54, 1.807) is 0 Å². The Kier molecular flexibility index (Phi) is 4.68. The van der Waals surface area contributed by atoms with E-state index in [1.807, 2.05) is 24.3 Å². The van der Waals surface area contributed by atoms with Crippen LogP contribution in [0.3, 0.4) is 0 Å². The van der Waals surface area contributed by atoms with Crippen LogP contribution in [0.1, 0.15) is 32.3 Å². The Bertz CT molecular complexity index is 1110. The summed E-state index contributed by atoms with van der Waals surface area (Å²) in [6.07, 6.45) is 1.10. The summed E-state index contributed by atoms with van der Waals surface area (Å²) >= 11 is 0. The van der Waals surface area contributed by atoms with Gasteiger partial charge in [0.1, 0.15) is 0 Å². The molecule has 5 heteroatoms. The van der Waals surface area contributed by atoms with Crippen LogP contribution >= 0.6 is 0 Å². The summed E-state index contributed by atoms with van der Waals surface area (Å²) in [5.74, 6) is -0.208. The lowest BCUT2D eigenvalue weighted by Gasteiger charge is -2.34. The van der Waals surface area contributed by atoms with E-state index in [2.05, 4.69) is 61.2 Å². The Morgan fingerprint density at radius 2 is 1.68 bits per heavy atom. The van der Waals surface area contributed by atoms with Gasteiger partial charge in [0.05, 0.1) is 5.75 Å². The molecule has 0 radical (unpaired) electrons. The SMILES string of the molecule is CC1N(c2ccccc2)c2ccc3ccccc3c2C1(C)CCCS(=O)(=O)O. The molecule has 3 aromatic rings. The molecule has 0 spiro atoms. The minimum absolute atomic E-state index is 0.150. The van der Waals surface area contributed by atoms with Crippen molar-refractivity contribution in [2.24, 2.45) is 0 Å². The highest BCUT2D eigenvalue weighted by Gasteiger charge is 2.46. The molecule has 28 heavy (non-hydrogen) atoms. The van der Waals surface area contributed by atoms with Crippen molar-refractivity contribution in [1.29, 1.82) is 0 Å². The molecule has 0 fully saturated rings. The van der Waals surface area contributed by atoms with Gasteiger partial charge in [0, 0.05) is 22.8 Å². The van der Waals surface area contributed by atoms with E-state index in [0.29, 0.717) is 12.8 Å². The summed E-state index contributed by atoms with van der Waals surface area (Å²) < 4.78 is 31.8. The van der Waals surface area contributed by atoms with Crippen molar-refractivity contribution in [2.45, 2.75) is 38.1 Å². The van der Waals surface area contributed by atoms with E-state index < -0.39 is 10.1 Å². The first kappa shape index (κ1) is 19.0. The maximum atomic E-state index is 11.3. The van der Waals surface area contributed by atoms with Crippen LogP contribution in [0.4, 0.5) is 11.4 Å². The van der Waals surface area contributed by atoms with E-state index in [-0.39, 0.29) is 17.2 Å². The van der Waals surface area contributed by atoms with Gasteiger partial charge in [0.2, 0.25) is 0 Å². The van der Waals surface area contributed by atoms with Crippen molar-refractivity contribution in [2.75, 3.05) is 10.7 Å². The predicted octanol–water partition coefficient (Wildman–Crippen LogP) is 5.31. The molecule has 4 nitrogen and oxygen atoms in total. The van der Waals surface area contributed by atoms with Crippen LogP contribution in [0.15, 0.2) is 66.7 Å². The largest absolute Gasteiger partial charge is 0.337 e. The summed E-state index contributed by atoms with van der Waals surface area (Å²) in [6, 6.07) is 23.1. The minimum Gasteiger partial charge on any atom is -0.337 e. The second-order valence-electron chi connectivity index (χ2n) is 7.87. The molecular formula is C23H25NO3S. The first-order chi connectivity index (χ1) is 13.3. The molecule has 1 heterocycles. The maximum Gasteiger partial charge on any atom is 0.264 e. The van der Waals surface area contributed by atoms with E-state index >= 15 is 0 Å². The highest BCUT2D eigenvalue weighted by Crippen LogP contribution is 2.53. The van der Waals surface area contributed by atoms with Crippen molar-refractivity contribution in [1.82, 2.24) is 0 Å². The lowest BCUT2D eigenvalue weighted by Crippen LogP contribution is -2.38. The molecule has 0 bridgehead atoms. The van der Waals surface area contributed by atoms with Gasteiger partial charge in [-0.25, -0.2) is 0 Å². The fraction of sp³-hybridized carbons (Fsp3) is 0.304. The first-order valence-corrected chi connectivity index (χ1v) is 11.2. The third kappa shape index (κ3) is 3.19. The zero-order valence-electron chi connectivity index (χ0n) is 16.2. The number of hydrogen-bond donors (Lipinski definition) is 1.